The lowest BCUT2D eigenvalue weighted by Crippen LogP contribution is -2.13. The van der Waals surface area contributed by atoms with E-state index in [0.29, 0.717) is 19.1 Å². The summed E-state index contributed by atoms with van der Waals surface area (Å²) in [5, 5.41) is 5.24. The molecule has 8 heteroatoms. The molecule has 0 fully saturated rings. The first-order valence-electron chi connectivity index (χ1n) is 9.01. The number of thiophene rings is 1. The van der Waals surface area contributed by atoms with E-state index in [1.165, 1.54) is 0 Å². The second-order valence-corrected chi connectivity index (χ2v) is 6.93. The molecule has 0 aliphatic rings. The van der Waals surface area contributed by atoms with Crippen LogP contribution in [-0.4, -0.2) is 40.2 Å². The zero-order valence-corrected chi connectivity index (χ0v) is 16.6. The maximum Gasteiger partial charge on any atom is 0.223 e. The SMILES string of the molecule is COc1cccc(OCCNc2ncc(-c3cnccn3)c(-c3cccs3)n2)c1. The van der Waals surface area contributed by atoms with Crippen molar-refractivity contribution in [2.45, 2.75) is 0 Å². The lowest BCUT2D eigenvalue weighted by Gasteiger charge is -2.11. The molecule has 1 aromatic carbocycles. The van der Waals surface area contributed by atoms with Crippen LogP contribution in [0.15, 0.2) is 66.6 Å². The van der Waals surface area contributed by atoms with Gasteiger partial charge in [0.05, 0.1) is 36.1 Å². The highest BCUT2D eigenvalue weighted by molar-refractivity contribution is 7.13. The number of nitrogens with one attached hydrogen (secondary N) is 1. The molecule has 0 radical (unpaired) electrons. The molecule has 0 spiro atoms. The minimum absolute atomic E-state index is 0.469. The molecule has 0 aliphatic carbocycles. The molecular weight excluding hydrogens is 386 g/mol. The first kappa shape index (κ1) is 18.8. The molecular formula is C21H19N5O2S. The van der Waals surface area contributed by atoms with Crippen molar-refractivity contribution in [2.24, 2.45) is 0 Å². The Labute approximate surface area is 172 Å². The van der Waals surface area contributed by atoms with Crippen molar-refractivity contribution in [3.63, 3.8) is 0 Å². The van der Waals surface area contributed by atoms with Gasteiger partial charge < -0.3 is 14.8 Å². The average molecular weight is 405 g/mol. The van der Waals surface area contributed by atoms with E-state index in [2.05, 4.69) is 20.3 Å². The number of benzene rings is 1. The van der Waals surface area contributed by atoms with Gasteiger partial charge in [-0.05, 0) is 23.6 Å². The average Bonchev–Trinajstić information content (AvgIpc) is 3.32. The quantitative estimate of drug-likeness (QED) is 0.441. The Bertz CT molecular complexity index is 1060. The van der Waals surface area contributed by atoms with Gasteiger partial charge in [-0.15, -0.1) is 11.3 Å². The van der Waals surface area contributed by atoms with E-state index in [9.17, 15) is 0 Å². The Balaban J connectivity index is 1.46. The van der Waals surface area contributed by atoms with Crippen LogP contribution in [0.25, 0.3) is 21.8 Å². The van der Waals surface area contributed by atoms with Crippen LogP contribution in [0.4, 0.5) is 5.95 Å². The summed E-state index contributed by atoms with van der Waals surface area (Å²) in [5.74, 6) is 2.05. The topological polar surface area (TPSA) is 82.0 Å². The van der Waals surface area contributed by atoms with Gasteiger partial charge in [-0.3, -0.25) is 9.97 Å². The maximum atomic E-state index is 5.75. The van der Waals surface area contributed by atoms with Crippen molar-refractivity contribution in [2.75, 3.05) is 25.6 Å². The molecule has 3 heterocycles. The van der Waals surface area contributed by atoms with Crippen molar-refractivity contribution in [3.8, 4) is 33.3 Å². The maximum absolute atomic E-state index is 5.75. The summed E-state index contributed by atoms with van der Waals surface area (Å²) in [6.07, 6.45) is 6.80. The third-order valence-electron chi connectivity index (χ3n) is 4.08. The monoisotopic (exact) mass is 405 g/mol. The Morgan fingerprint density at radius 1 is 1.03 bits per heavy atom. The molecule has 0 bridgehead atoms. The van der Waals surface area contributed by atoms with Crippen LogP contribution < -0.4 is 14.8 Å². The summed E-state index contributed by atoms with van der Waals surface area (Å²) in [5.41, 5.74) is 2.41. The number of nitrogens with zero attached hydrogens (tertiary/aromatic N) is 4. The van der Waals surface area contributed by atoms with Crippen molar-refractivity contribution < 1.29 is 9.47 Å². The Hall–Kier alpha value is -3.52. The third-order valence-corrected chi connectivity index (χ3v) is 4.95. The van der Waals surface area contributed by atoms with Gasteiger partial charge in [-0.2, -0.15) is 0 Å². The fraction of sp³-hybridized carbons (Fsp3) is 0.143. The van der Waals surface area contributed by atoms with Crippen molar-refractivity contribution in [3.05, 3.63) is 66.6 Å². The zero-order valence-electron chi connectivity index (χ0n) is 15.8. The van der Waals surface area contributed by atoms with Crippen LogP contribution in [-0.2, 0) is 0 Å². The number of ether oxygens (including phenoxy) is 2. The second kappa shape index (κ2) is 9.11. The molecule has 0 amide bonds. The van der Waals surface area contributed by atoms with Gasteiger partial charge in [0.25, 0.3) is 0 Å². The van der Waals surface area contributed by atoms with E-state index >= 15 is 0 Å². The number of rotatable bonds is 8. The lowest BCUT2D eigenvalue weighted by atomic mass is 10.1. The van der Waals surface area contributed by atoms with E-state index in [1.807, 2.05) is 41.8 Å². The van der Waals surface area contributed by atoms with Gasteiger partial charge in [0.15, 0.2) is 0 Å². The lowest BCUT2D eigenvalue weighted by molar-refractivity contribution is 0.329. The molecule has 4 aromatic rings. The van der Waals surface area contributed by atoms with Crippen LogP contribution in [0.3, 0.4) is 0 Å². The summed E-state index contributed by atoms with van der Waals surface area (Å²) >= 11 is 1.62. The molecule has 0 aliphatic heterocycles. The standard InChI is InChI=1S/C21H19N5O2S/c1-27-15-4-2-5-16(12-15)28-10-9-24-21-25-13-17(18-14-22-7-8-23-18)20(26-21)19-6-3-11-29-19/h2-8,11-14H,9-10H2,1H3,(H,24,25,26). The number of anilines is 1. The predicted molar refractivity (Wildman–Crippen MR) is 113 cm³/mol. The molecule has 29 heavy (non-hydrogen) atoms. The highest BCUT2D eigenvalue weighted by Gasteiger charge is 2.13. The Morgan fingerprint density at radius 2 is 1.97 bits per heavy atom. The number of hydrogen-bond donors (Lipinski definition) is 1. The van der Waals surface area contributed by atoms with Gasteiger partial charge >= 0.3 is 0 Å². The second-order valence-electron chi connectivity index (χ2n) is 5.98. The first-order chi connectivity index (χ1) is 14.3. The van der Waals surface area contributed by atoms with Crippen molar-refractivity contribution >= 4 is 17.3 Å². The van der Waals surface area contributed by atoms with Crippen LogP contribution in [0, 0.1) is 0 Å². The zero-order chi connectivity index (χ0) is 19.9. The van der Waals surface area contributed by atoms with E-state index in [1.54, 1.807) is 43.2 Å². The summed E-state index contributed by atoms with van der Waals surface area (Å²) in [6.45, 7) is 1.03. The van der Waals surface area contributed by atoms with Crippen LogP contribution in [0.5, 0.6) is 11.5 Å². The molecule has 146 valence electrons. The highest BCUT2D eigenvalue weighted by atomic mass is 32.1. The van der Waals surface area contributed by atoms with Gasteiger partial charge in [0.2, 0.25) is 5.95 Å². The first-order valence-corrected chi connectivity index (χ1v) is 9.89. The summed E-state index contributed by atoms with van der Waals surface area (Å²) < 4.78 is 11.0. The minimum Gasteiger partial charge on any atom is -0.497 e. The summed E-state index contributed by atoms with van der Waals surface area (Å²) in [7, 11) is 1.63. The molecule has 0 atom stereocenters. The smallest absolute Gasteiger partial charge is 0.223 e. The number of aromatic nitrogens is 4. The molecule has 0 saturated carbocycles. The van der Waals surface area contributed by atoms with E-state index in [4.69, 9.17) is 14.5 Å². The summed E-state index contributed by atoms with van der Waals surface area (Å²) in [6, 6.07) is 11.5. The minimum atomic E-state index is 0.469. The van der Waals surface area contributed by atoms with E-state index in [0.717, 1.165) is 33.3 Å². The molecule has 4 rings (SSSR count). The van der Waals surface area contributed by atoms with Gasteiger partial charge in [0, 0.05) is 30.2 Å². The number of methoxy groups -OCH3 is 1. The molecule has 7 nitrogen and oxygen atoms in total. The van der Waals surface area contributed by atoms with Gasteiger partial charge in [-0.1, -0.05) is 12.1 Å². The molecule has 1 N–H and O–H groups in total. The Kier molecular flexibility index (Phi) is 5.92. The van der Waals surface area contributed by atoms with Crippen LogP contribution in [0.1, 0.15) is 0 Å². The van der Waals surface area contributed by atoms with Crippen molar-refractivity contribution in [1.82, 2.24) is 19.9 Å². The van der Waals surface area contributed by atoms with Crippen LogP contribution in [0.2, 0.25) is 0 Å². The highest BCUT2D eigenvalue weighted by Crippen LogP contribution is 2.32. The van der Waals surface area contributed by atoms with Crippen LogP contribution >= 0.6 is 11.3 Å². The largest absolute Gasteiger partial charge is 0.497 e. The fourth-order valence-electron chi connectivity index (χ4n) is 2.72. The molecule has 3 aromatic heterocycles. The van der Waals surface area contributed by atoms with Gasteiger partial charge in [-0.25, -0.2) is 9.97 Å². The fourth-order valence-corrected chi connectivity index (χ4v) is 3.44. The van der Waals surface area contributed by atoms with E-state index in [-0.39, 0.29) is 0 Å². The van der Waals surface area contributed by atoms with Gasteiger partial charge in [0.1, 0.15) is 18.1 Å². The predicted octanol–water partition coefficient (Wildman–Crippen LogP) is 4.16. The number of hydrogen-bond acceptors (Lipinski definition) is 8. The van der Waals surface area contributed by atoms with Crippen molar-refractivity contribution in [1.29, 1.82) is 0 Å². The Morgan fingerprint density at radius 3 is 2.76 bits per heavy atom. The normalized spacial score (nSPS) is 10.5. The summed E-state index contributed by atoms with van der Waals surface area (Å²) in [4.78, 5) is 18.7. The molecule has 0 saturated heterocycles. The molecule has 0 unspecified atom stereocenters. The third kappa shape index (κ3) is 4.67. The van der Waals surface area contributed by atoms with E-state index < -0.39 is 0 Å².